The number of benzene rings is 1. The van der Waals surface area contributed by atoms with Gasteiger partial charge in [0, 0.05) is 50.2 Å². The number of hydrogen-bond acceptors (Lipinski definition) is 5. The highest BCUT2D eigenvalue weighted by atomic mass is 16.2. The molecule has 0 spiro atoms. The number of amides is 1. The number of carbonyl (C=O) groups excluding carboxylic acids is 1. The van der Waals surface area contributed by atoms with Crippen LogP contribution in [0.25, 0.3) is 5.69 Å². The molecule has 138 valence electrons. The molecule has 3 aromatic rings. The summed E-state index contributed by atoms with van der Waals surface area (Å²) in [5, 5.41) is 7.60. The van der Waals surface area contributed by atoms with Crippen molar-refractivity contribution in [1.29, 1.82) is 0 Å². The minimum Gasteiger partial charge on any atom is -0.336 e. The summed E-state index contributed by atoms with van der Waals surface area (Å²) in [5.74, 6) is 0.0824. The minimum absolute atomic E-state index is 0.0824. The van der Waals surface area contributed by atoms with E-state index in [-0.39, 0.29) is 5.91 Å². The van der Waals surface area contributed by atoms with Crippen LogP contribution in [-0.4, -0.2) is 61.6 Å². The Morgan fingerprint density at radius 1 is 1.00 bits per heavy atom. The maximum Gasteiger partial charge on any atom is 0.253 e. The van der Waals surface area contributed by atoms with Gasteiger partial charge in [0.1, 0.15) is 12.7 Å². The Bertz CT molecular complexity index is 898. The van der Waals surface area contributed by atoms with E-state index in [2.05, 4.69) is 33.1 Å². The van der Waals surface area contributed by atoms with Crippen LogP contribution in [0.5, 0.6) is 0 Å². The molecule has 1 fully saturated rings. The third kappa shape index (κ3) is 3.88. The van der Waals surface area contributed by atoms with Gasteiger partial charge in [0.15, 0.2) is 0 Å². The molecule has 2 aromatic heterocycles. The first-order valence-electron chi connectivity index (χ1n) is 9.08. The third-order valence-electron chi connectivity index (χ3n) is 4.98. The van der Waals surface area contributed by atoms with Gasteiger partial charge in [0.25, 0.3) is 5.91 Å². The maximum atomic E-state index is 12.8. The normalized spacial score (nSPS) is 15.1. The monoisotopic (exact) mass is 362 g/mol. The molecule has 1 aliphatic rings. The van der Waals surface area contributed by atoms with Gasteiger partial charge in [-0.1, -0.05) is 6.07 Å². The van der Waals surface area contributed by atoms with Crippen LogP contribution in [0.15, 0.2) is 55.2 Å². The quantitative estimate of drug-likeness (QED) is 0.709. The van der Waals surface area contributed by atoms with E-state index in [1.807, 2.05) is 46.0 Å². The molecule has 0 atom stereocenters. The van der Waals surface area contributed by atoms with Gasteiger partial charge in [0.2, 0.25) is 0 Å². The van der Waals surface area contributed by atoms with Gasteiger partial charge in [-0.3, -0.25) is 19.2 Å². The highest BCUT2D eigenvalue weighted by Gasteiger charge is 2.22. The SMILES string of the molecule is Cc1cccnc1CN1CCN(C(=O)c2ccc(-n3cnnc3)cc2)CC1. The molecule has 7 heteroatoms. The van der Waals surface area contributed by atoms with Crippen LogP contribution in [0.3, 0.4) is 0 Å². The number of piperazine rings is 1. The molecule has 3 heterocycles. The highest BCUT2D eigenvalue weighted by molar-refractivity contribution is 5.94. The Hall–Kier alpha value is -3.06. The number of rotatable bonds is 4. The fourth-order valence-electron chi connectivity index (χ4n) is 3.30. The molecule has 0 radical (unpaired) electrons. The van der Waals surface area contributed by atoms with Crippen molar-refractivity contribution in [2.75, 3.05) is 26.2 Å². The summed E-state index contributed by atoms with van der Waals surface area (Å²) in [6.07, 6.45) is 5.12. The van der Waals surface area contributed by atoms with Crippen molar-refractivity contribution in [3.8, 4) is 5.69 Å². The van der Waals surface area contributed by atoms with E-state index in [1.165, 1.54) is 5.56 Å². The summed E-state index contributed by atoms with van der Waals surface area (Å²) in [7, 11) is 0. The second-order valence-electron chi connectivity index (χ2n) is 6.75. The van der Waals surface area contributed by atoms with E-state index in [9.17, 15) is 4.79 Å². The Kier molecular flexibility index (Phi) is 4.93. The van der Waals surface area contributed by atoms with Gasteiger partial charge in [0.05, 0.1) is 5.69 Å². The van der Waals surface area contributed by atoms with Crippen LogP contribution in [0.4, 0.5) is 0 Å². The van der Waals surface area contributed by atoms with Gasteiger partial charge in [-0.25, -0.2) is 0 Å². The molecule has 0 aliphatic carbocycles. The first kappa shape index (κ1) is 17.4. The molecule has 27 heavy (non-hydrogen) atoms. The van der Waals surface area contributed by atoms with Crippen LogP contribution in [0, 0.1) is 6.92 Å². The number of aryl methyl sites for hydroxylation is 1. The van der Waals surface area contributed by atoms with Crippen LogP contribution in [0.2, 0.25) is 0 Å². The van der Waals surface area contributed by atoms with E-state index in [4.69, 9.17) is 0 Å². The Morgan fingerprint density at radius 3 is 2.37 bits per heavy atom. The van der Waals surface area contributed by atoms with E-state index >= 15 is 0 Å². The molecule has 0 N–H and O–H groups in total. The fraction of sp³-hybridized carbons (Fsp3) is 0.300. The van der Waals surface area contributed by atoms with Crippen LogP contribution in [-0.2, 0) is 6.54 Å². The number of carbonyl (C=O) groups is 1. The van der Waals surface area contributed by atoms with Crippen molar-refractivity contribution >= 4 is 5.91 Å². The average molecular weight is 362 g/mol. The summed E-state index contributed by atoms with van der Waals surface area (Å²) in [5.41, 5.74) is 3.97. The Labute approximate surface area is 158 Å². The van der Waals surface area contributed by atoms with E-state index in [0.717, 1.165) is 44.1 Å². The number of hydrogen-bond donors (Lipinski definition) is 0. The second-order valence-corrected chi connectivity index (χ2v) is 6.75. The number of nitrogens with zero attached hydrogens (tertiary/aromatic N) is 6. The van der Waals surface area contributed by atoms with Crippen molar-refractivity contribution in [3.63, 3.8) is 0 Å². The molecule has 1 amide bonds. The molecule has 0 bridgehead atoms. The maximum absolute atomic E-state index is 12.8. The molecule has 7 nitrogen and oxygen atoms in total. The highest BCUT2D eigenvalue weighted by Crippen LogP contribution is 2.14. The van der Waals surface area contributed by atoms with Gasteiger partial charge in [-0.2, -0.15) is 0 Å². The molecule has 4 rings (SSSR count). The smallest absolute Gasteiger partial charge is 0.253 e. The van der Waals surface area contributed by atoms with Gasteiger partial charge in [-0.05, 0) is 42.8 Å². The first-order valence-corrected chi connectivity index (χ1v) is 9.08. The lowest BCUT2D eigenvalue weighted by Crippen LogP contribution is -2.48. The summed E-state index contributed by atoms with van der Waals surface area (Å²) < 4.78 is 1.81. The summed E-state index contributed by atoms with van der Waals surface area (Å²) in [6.45, 7) is 6.12. The number of pyridine rings is 1. The topological polar surface area (TPSA) is 67.2 Å². The van der Waals surface area contributed by atoms with E-state index < -0.39 is 0 Å². The number of aromatic nitrogens is 4. The summed E-state index contributed by atoms with van der Waals surface area (Å²) in [6, 6.07) is 11.6. The van der Waals surface area contributed by atoms with E-state index in [0.29, 0.717) is 5.56 Å². The predicted octanol–water partition coefficient (Wildman–Crippen LogP) is 1.93. The fourth-order valence-corrected chi connectivity index (χ4v) is 3.30. The van der Waals surface area contributed by atoms with Gasteiger partial charge >= 0.3 is 0 Å². The van der Waals surface area contributed by atoms with Crippen molar-refractivity contribution in [1.82, 2.24) is 29.5 Å². The van der Waals surface area contributed by atoms with Crippen LogP contribution < -0.4 is 0 Å². The molecule has 0 saturated carbocycles. The lowest BCUT2D eigenvalue weighted by molar-refractivity contribution is 0.0627. The molecular weight excluding hydrogens is 340 g/mol. The molecule has 1 saturated heterocycles. The third-order valence-corrected chi connectivity index (χ3v) is 4.98. The van der Waals surface area contributed by atoms with Crippen LogP contribution >= 0.6 is 0 Å². The van der Waals surface area contributed by atoms with Crippen molar-refractivity contribution in [2.45, 2.75) is 13.5 Å². The Balaban J connectivity index is 1.35. The molecular formula is C20H22N6O. The average Bonchev–Trinajstić information content (AvgIpc) is 3.25. The first-order chi connectivity index (χ1) is 13.2. The van der Waals surface area contributed by atoms with Gasteiger partial charge in [-0.15, -0.1) is 10.2 Å². The van der Waals surface area contributed by atoms with Crippen LogP contribution in [0.1, 0.15) is 21.6 Å². The molecule has 1 aromatic carbocycles. The lowest BCUT2D eigenvalue weighted by Gasteiger charge is -2.34. The van der Waals surface area contributed by atoms with E-state index in [1.54, 1.807) is 12.7 Å². The van der Waals surface area contributed by atoms with Crippen molar-refractivity contribution in [2.24, 2.45) is 0 Å². The largest absolute Gasteiger partial charge is 0.336 e. The minimum atomic E-state index is 0.0824. The van der Waals surface area contributed by atoms with Crippen molar-refractivity contribution in [3.05, 3.63) is 72.1 Å². The second kappa shape index (κ2) is 7.67. The van der Waals surface area contributed by atoms with Gasteiger partial charge < -0.3 is 4.90 Å². The zero-order chi connectivity index (χ0) is 18.6. The summed E-state index contributed by atoms with van der Waals surface area (Å²) >= 11 is 0. The zero-order valence-electron chi connectivity index (χ0n) is 15.3. The Morgan fingerprint density at radius 2 is 1.70 bits per heavy atom. The molecule has 1 aliphatic heterocycles. The zero-order valence-corrected chi connectivity index (χ0v) is 15.3. The standard InChI is InChI=1S/C20H22N6O/c1-16-3-2-8-21-19(16)13-24-9-11-25(12-10-24)20(27)17-4-6-18(7-5-17)26-14-22-23-15-26/h2-8,14-15H,9-13H2,1H3. The predicted molar refractivity (Wildman–Crippen MR) is 102 cm³/mol. The lowest BCUT2D eigenvalue weighted by atomic mass is 10.1. The summed E-state index contributed by atoms with van der Waals surface area (Å²) in [4.78, 5) is 21.5. The van der Waals surface area contributed by atoms with Crippen molar-refractivity contribution < 1.29 is 4.79 Å². The molecule has 0 unspecified atom stereocenters.